The Morgan fingerprint density at radius 3 is 2.67 bits per heavy atom. The summed E-state index contributed by atoms with van der Waals surface area (Å²) in [5.41, 5.74) is 0. The highest BCUT2D eigenvalue weighted by molar-refractivity contribution is 7.80. The predicted octanol–water partition coefficient (Wildman–Crippen LogP) is 0.248. The van der Waals surface area contributed by atoms with Crippen molar-refractivity contribution < 1.29 is 9.59 Å². The van der Waals surface area contributed by atoms with E-state index in [1.54, 1.807) is 0 Å². The van der Waals surface area contributed by atoms with Gasteiger partial charge < -0.3 is 5.32 Å². The SMILES string of the molecule is O=C1CNC(=O)N1CCCCS. The van der Waals surface area contributed by atoms with E-state index in [-0.39, 0.29) is 18.5 Å². The lowest BCUT2D eigenvalue weighted by Gasteiger charge is -2.10. The van der Waals surface area contributed by atoms with Gasteiger partial charge in [-0.2, -0.15) is 12.6 Å². The van der Waals surface area contributed by atoms with Crippen LogP contribution in [0.5, 0.6) is 0 Å². The molecule has 1 N–H and O–H groups in total. The molecule has 0 aliphatic carbocycles. The summed E-state index contributed by atoms with van der Waals surface area (Å²) in [6, 6.07) is -0.265. The van der Waals surface area contributed by atoms with Crippen molar-refractivity contribution in [1.82, 2.24) is 10.2 Å². The van der Waals surface area contributed by atoms with Gasteiger partial charge in [0.25, 0.3) is 0 Å². The molecule has 68 valence electrons. The van der Waals surface area contributed by atoms with Crippen molar-refractivity contribution >= 4 is 24.6 Å². The lowest BCUT2D eigenvalue weighted by Crippen LogP contribution is -2.31. The molecule has 4 nitrogen and oxygen atoms in total. The van der Waals surface area contributed by atoms with Crippen molar-refractivity contribution in [1.29, 1.82) is 0 Å². The molecule has 3 amide bonds. The normalized spacial score (nSPS) is 16.9. The Bertz CT molecular complexity index is 180. The van der Waals surface area contributed by atoms with Crippen LogP contribution >= 0.6 is 12.6 Å². The predicted molar refractivity (Wildman–Crippen MR) is 48.2 cm³/mol. The monoisotopic (exact) mass is 188 g/mol. The number of urea groups is 1. The number of nitrogens with zero attached hydrogens (tertiary/aromatic N) is 1. The summed E-state index contributed by atoms with van der Waals surface area (Å²) in [6.45, 7) is 0.672. The van der Waals surface area contributed by atoms with Gasteiger partial charge in [-0.05, 0) is 18.6 Å². The molecule has 0 saturated carbocycles. The maximum atomic E-state index is 11.0. The van der Waals surface area contributed by atoms with Gasteiger partial charge in [0.1, 0.15) is 0 Å². The molecule has 1 aliphatic heterocycles. The van der Waals surface area contributed by atoms with Gasteiger partial charge in [0.05, 0.1) is 6.54 Å². The minimum Gasteiger partial charge on any atom is -0.329 e. The number of nitrogens with one attached hydrogen (secondary N) is 1. The Morgan fingerprint density at radius 2 is 2.17 bits per heavy atom. The maximum Gasteiger partial charge on any atom is 0.324 e. The van der Waals surface area contributed by atoms with Gasteiger partial charge in [0, 0.05) is 6.54 Å². The van der Waals surface area contributed by atoms with Crippen molar-refractivity contribution in [3.8, 4) is 0 Å². The first-order valence-electron chi connectivity index (χ1n) is 3.95. The summed E-state index contributed by atoms with van der Waals surface area (Å²) in [7, 11) is 0. The molecule has 0 aromatic heterocycles. The molecular weight excluding hydrogens is 176 g/mol. The fraction of sp³-hybridized carbons (Fsp3) is 0.714. The van der Waals surface area contributed by atoms with Crippen LogP contribution in [-0.4, -0.2) is 35.7 Å². The summed E-state index contributed by atoms with van der Waals surface area (Å²) in [4.78, 5) is 23.2. The summed E-state index contributed by atoms with van der Waals surface area (Å²) >= 11 is 4.04. The van der Waals surface area contributed by atoms with E-state index in [2.05, 4.69) is 17.9 Å². The van der Waals surface area contributed by atoms with Crippen LogP contribution in [0.3, 0.4) is 0 Å². The fourth-order valence-electron chi connectivity index (χ4n) is 1.06. The highest BCUT2D eigenvalue weighted by Gasteiger charge is 2.27. The van der Waals surface area contributed by atoms with Crippen LogP contribution in [0.25, 0.3) is 0 Å². The number of imide groups is 1. The highest BCUT2D eigenvalue weighted by atomic mass is 32.1. The second-order valence-corrected chi connectivity index (χ2v) is 3.08. The zero-order valence-corrected chi connectivity index (χ0v) is 7.64. The third-order valence-electron chi connectivity index (χ3n) is 1.73. The largest absolute Gasteiger partial charge is 0.329 e. The first-order chi connectivity index (χ1) is 5.75. The van der Waals surface area contributed by atoms with E-state index in [1.165, 1.54) is 4.90 Å². The van der Waals surface area contributed by atoms with Gasteiger partial charge in [0.2, 0.25) is 5.91 Å². The number of carbonyl (C=O) groups excluding carboxylic acids is 2. The molecule has 5 heteroatoms. The van der Waals surface area contributed by atoms with Crippen LogP contribution in [-0.2, 0) is 4.79 Å². The Kier molecular flexibility index (Phi) is 3.40. The van der Waals surface area contributed by atoms with Crippen LogP contribution in [0.4, 0.5) is 4.79 Å². The number of rotatable bonds is 4. The topological polar surface area (TPSA) is 49.4 Å². The van der Waals surface area contributed by atoms with Crippen LogP contribution in [0.2, 0.25) is 0 Å². The molecule has 0 atom stereocenters. The minimum absolute atomic E-state index is 0.126. The van der Waals surface area contributed by atoms with Crippen LogP contribution in [0.1, 0.15) is 12.8 Å². The van der Waals surface area contributed by atoms with Crippen molar-refractivity contribution in [3.05, 3.63) is 0 Å². The van der Waals surface area contributed by atoms with Gasteiger partial charge in [-0.25, -0.2) is 4.79 Å². The summed E-state index contributed by atoms with van der Waals surface area (Å²) in [5, 5.41) is 2.46. The molecule has 0 aromatic rings. The number of unbranched alkanes of at least 4 members (excludes halogenated alkanes) is 1. The summed E-state index contributed by atoms with van der Waals surface area (Å²) in [6.07, 6.45) is 1.77. The molecule has 0 unspecified atom stereocenters. The van der Waals surface area contributed by atoms with Crippen molar-refractivity contribution in [2.75, 3.05) is 18.8 Å². The summed E-state index contributed by atoms with van der Waals surface area (Å²) in [5.74, 6) is 0.670. The average Bonchev–Trinajstić information content (AvgIpc) is 2.35. The first-order valence-corrected chi connectivity index (χ1v) is 4.58. The highest BCUT2D eigenvalue weighted by Crippen LogP contribution is 2.02. The van der Waals surface area contributed by atoms with Gasteiger partial charge in [-0.15, -0.1) is 0 Å². The van der Waals surface area contributed by atoms with E-state index >= 15 is 0 Å². The molecular formula is C7H12N2O2S. The van der Waals surface area contributed by atoms with Gasteiger partial charge in [-0.3, -0.25) is 9.69 Å². The minimum atomic E-state index is -0.265. The molecule has 0 aromatic carbocycles. The van der Waals surface area contributed by atoms with Crippen molar-refractivity contribution in [2.24, 2.45) is 0 Å². The molecule has 1 heterocycles. The Morgan fingerprint density at radius 1 is 1.42 bits per heavy atom. The molecule has 0 bridgehead atoms. The number of hydrogen-bond donors (Lipinski definition) is 2. The lowest BCUT2D eigenvalue weighted by atomic mass is 10.3. The van der Waals surface area contributed by atoms with E-state index in [0.717, 1.165) is 18.6 Å². The summed E-state index contributed by atoms with van der Waals surface area (Å²) < 4.78 is 0. The third kappa shape index (κ3) is 2.14. The van der Waals surface area contributed by atoms with Crippen LogP contribution in [0, 0.1) is 0 Å². The second-order valence-electron chi connectivity index (χ2n) is 2.63. The second kappa shape index (κ2) is 4.35. The first kappa shape index (κ1) is 9.38. The van der Waals surface area contributed by atoms with E-state index in [9.17, 15) is 9.59 Å². The fourth-order valence-corrected chi connectivity index (χ4v) is 1.29. The van der Waals surface area contributed by atoms with E-state index in [1.807, 2.05) is 0 Å². The molecule has 12 heavy (non-hydrogen) atoms. The van der Waals surface area contributed by atoms with Crippen LogP contribution < -0.4 is 5.32 Å². The average molecular weight is 188 g/mol. The number of thiol groups is 1. The Labute approximate surface area is 76.7 Å². The number of carbonyl (C=O) groups is 2. The maximum absolute atomic E-state index is 11.0. The van der Waals surface area contributed by atoms with Gasteiger partial charge in [0.15, 0.2) is 0 Å². The zero-order valence-electron chi connectivity index (χ0n) is 6.75. The standard InChI is InChI=1S/C7H12N2O2S/c10-6-5-8-7(11)9(6)3-1-2-4-12/h12H,1-5H2,(H,8,11). The Hall–Kier alpha value is -0.710. The zero-order chi connectivity index (χ0) is 8.97. The molecule has 1 saturated heterocycles. The van der Waals surface area contributed by atoms with E-state index < -0.39 is 0 Å². The molecule has 1 aliphatic rings. The number of hydrogen-bond acceptors (Lipinski definition) is 3. The molecule has 1 fully saturated rings. The molecule has 0 radical (unpaired) electrons. The Balaban J connectivity index is 2.30. The molecule has 1 rings (SSSR count). The van der Waals surface area contributed by atoms with E-state index in [0.29, 0.717) is 6.54 Å². The van der Waals surface area contributed by atoms with Crippen molar-refractivity contribution in [3.63, 3.8) is 0 Å². The van der Waals surface area contributed by atoms with E-state index in [4.69, 9.17) is 0 Å². The van der Waals surface area contributed by atoms with Gasteiger partial charge in [-0.1, -0.05) is 0 Å². The quantitative estimate of drug-likeness (QED) is 0.377. The number of amides is 3. The third-order valence-corrected chi connectivity index (χ3v) is 2.04. The van der Waals surface area contributed by atoms with Crippen LogP contribution in [0.15, 0.2) is 0 Å². The molecule has 0 spiro atoms. The van der Waals surface area contributed by atoms with Crippen molar-refractivity contribution in [2.45, 2.75) is 12.8 Å². The lowest BCUT2D eigenvalue weighted by molar-refractivity contribution is -0.125. The van der Waals surface area contributed by atoms with Gasteiger partial charge >= 0.3 is 6.03 Å². The smallest absolute Gasteiger partial charge is 0.324 e.